The van der Waals surface area contributed by atoms with Crippen LogP contribution in [0.25, 0.3) is 5.69 Å². The van der Waals surface area contributed by atoms with Crippen LogP contribution in [0, 0.1) is 6.92 Å². The van der Waals surface area contributed by atoms with Crippen LogP contribution in [-0.4, -0.2) is 78.6 Å². The number of aromatic nitrogens is 2. The van der Waals surface area contributed by atoms with E-state index < -0.39 is 17.6 Å². The molecule has 2 fully saturated rings. The molecular formula is C30H34ClF3N6O3. The van der Waals surface area contributed by atoms with Gasteiger partial charge in [-0.15, -0.1) is 0 Å². The van der Waals surface area contributed by atoms with Crippen LogP contribution in [0.15, 0.2) is 48.7 Å². The van der Waals surface area contributed by atoms with Crippen LogP contribution in [0.1, 0.15) is 41.4 Å². The fourth-order valence-electron chi connectivity index (χ4n) is 5.65. The van der Waals surface area contributed by atoms with Gasteiger partial charge in [0, 0.05) is 44.8 Å². The lowest BCUT2D eigenvalue weighted by Crippen LogP contribution is -2.49. The van der Waals surface area contributed by atoms with E-state index in [4.69, 9.17) is 16.3 Å². The van der Waals surface area contributed by atoms with Gasteiger partial charge in [0.15, 0.2) is 0 Å². The van der Waals surface area contributed by atoms with E-state index in [9.17, 15) is 22.8 Å². The van der Waals surface area contributed by atoms with E-state index in [1.54, 1.807) is 13.0 Å². The van der Waals surface area contributed by atoms with Crippen LogP contribution in [0.3, 0.4) is 0 Å². The van der Waals surface area contributed by atoms with Gasteiger partial charge in [-0.3, -0.25) is 19.4 Å². The summed E-state index contributed by atoms with van der Waals surface area (Å²) >= 11 is 6.70. The molecule has 3 heterocycles. The SMILES string of the molecule is CC(=O)N(CNC(=O)c1cnn(-c2ccc(C(F)(F)F)cc2)c1C)c1ccc(N2CCC(N3CCOCC3)CC2)c(Cl)c1. The molecule has 2 aliphatic rings. The number of hydrogen-bond acceptors (Lipinski definition) is 6. The molecule has 0 aliphatic carbocycles. The lowest BCUT2D eigenvalue weighted by atomic mass is 10.0. The van der Waals surface area contributed by atoms with Crippen molar-refractivity contribution in [2.45, 2.75) is 38.9 Å². The highest BCUT2D eigenvalue weighted by Gasteiger charge is 2.30. The standard InChI is InChI=1S/C30H34ClF3N6O3/c1-20-26(18-36-40(20)24-5-3-22(4-6-24)30(32,33)34)29(42)35-19-39(21(2)41)25-7-8-28(27(31)17-25)38-11-9-23(10-12-38)37-13-15-43-16-14-37/h3-8,17-18,23H,9-16,19H2,1-2H3,(H,35,42). The third-order valence-corrected chi connectivity index (χ3v) is 8.38. The Kier molecular flexibility index (Phi) is 9.28. The summed E-state index contributed by atoms with van der Waals surface area (Å²) in [6.45, 7) is 8.21. The number of carbonyl (C=O) groups excluding carboxylic acids is 2. The molecule has 1 N–H and O–H groups in total. The van der Waals surface area contributed by atoms with Gasteiger partial charge in [0.25, 0.3) is 5.91 Å². The summed E-state index contributed by atoms with van der Waals surface area (Å²) in [6.07, 6.45) is -1.03. The molecule has 0 unspecified atom stereocenters. The monoisotopic (exact) mass is 618 g/mol. The maximum absolute atomic E-state index is 13.0. The molecular weight excluding hydrogens is 585 g/mol. The number of anilines is 2. The maximum Gasteiger partial charge on any atom is 0.416 e. The average Bonchev–Trinajstić information content (AvgIpc) is 3.38. The van der Waals surface area contributed by atoms with E-state index in [0.717, 1.165) is 70.1 Å². The topological polar surface area (TPSA) is 82.9 Å². The Morgan fingerprint density at radius 2 is 1.74 bits per heavy atom. The second-order valence-corrected chi connectivity index (χ2v) is 11.1. The predicted octanol–water partition coefficient (Wildman–Crippen LogP) is 4.89. The van der Waals surface area contributed by atoms with Crippen LogP contribution >= 0.6 is 11.6 Å². The fraction of sp³-hybridized carbons (Fsp3) is 0.433. The van der Waals surface area contributed by atoms with Gasteiger partial charge in [-0.1, -0.05) is 11.6 Å². The summed E-state index contributed by atoms with van der Waals surface area (Å²) in [5, 5.41) is 7.45. The lowest BCUT2D eigenvalue weighted by Gasteiger charge is -2.41. The van der Waals surface area contributed by atoms with Crippen molar-refractivity contribution in [1.29, 1.82) is 0 Å². The molecule has 43 heavy (non-hydrogen) atoms. The molecule has 0 radical (unpaired) electrons. The van der Waals surface area contributed by atoms with Crippen molar-refractivity contribution in [2.24, 2.45) is 0 Å². The van der Waals surface area contributed by atoms with Crippen molar-refractivity contribution < 1.29 is 27.5 Å². The van der Waals surface area contributed by atoms with Gasteiger partial charge in [-0.25, -0.2) is 4.68 Å². The van der Waals surface area contributed by atoms with Crippen LogP contribution < -0.4 is 15.1 Å². The van der Waals surface area contributed by atoms with E-state index in [-0.39, 0.29) is 18.1 Å². The average molecular weight is 619 g/mol. The van der Waals surface area contributed by atoms with Gasteiger partial charge in [0.1, 0.15) is 0 Å². The Labute approximate surface area is 253 Å². The van der Waals surface area contributed by atoms with Crippen molar-refractivity contribution in [3.63, 3.8) is 0 Å². The first kappa shape index (κ1) is 30.8. The first-order valence-corrected chi connectivity index (χ1v) is 14.6. The smallest absolute Gasteiger partial charge is 0.379 e. The number of carbonyl (C=O) groups is 2. The zero-order valence-corrected chi connectivity index (χ0v) is 24.8. The molecule has 0 saturated carbocycles. The number of ether oxygens (including phenoxy) is 1. The number of piperidine rings is 1. The van der Waals surface area contributed by atoms with Crippen LogP contribution in [0.4, 0.5) is 24.5 Å². The minimum atomic E-state index is -4.45. The van der Waals surface area contributed by atoms with Gasteiger partial charge in [-0.05, 0) is 62.2 Å². The zero-order chi connectivity index (χ0) is 30.7. The predicted molar refractivity (Wildman–Crippen MR) is 158 cm³/mol. The summed E-state index contributed by atoms with van der Waals surface area (Å²) < 4.78 is 45.6. The lowest BCUT2D eigenvalue weighted by molar-refractivity contribution is -0.137. The van der Waals surface area contributed by atoms with Crippen LogP contribution in [0.2, 0.25) is 5.02 Å². The van der Waals surface area contributed by atoms with E-state index in [1.807, 2.05) is 12.1 Å². The Bertz CT molecular complexity index is 1450. The second-order valence-electron chi connectivity index (χ2n) is 10.7. The molecule has 9 nitrogen and oxygen atoms in total. The molecule has 3 aromatic rings. The number of amides is 2. The molecule has 0 spiro atoms. The van der Waals surface area contributed by atoms with Crippen molar-refractivity contribution in [3.05, 3.63) is 70.5 Å². The minimum absolute atomic E-state index is 0.111. The summed E-state index contributed by atoms with van der Waals surface area (Å²) in [4.78, 5) is 31.8. The Morgan fingerprint density at radius 3 is 2.35 bits per heavy atom. The summed E-state index contributed by atoms with van der Waals surface area (Å²) in [5.41, 5.74) is 1.74. The minimum Gasteiger partial charge on any atom is -0.379 e. The maximum atomic E-state index is 13.0. The van der Waals surface area contributed by atoms with Gasteiger partial charge >= 0.3 is 6.18 Å². The third kappa shape index (κ3) is 6.97. The zero-order valence-electron chi connectivity index (χ0n) is 24.0. The molecule has 230 valence electrons. The number of nitrogens with zero attached hydrogens (tertiary/aromatic N) is 5. The van der Waals surface area contributed by atoms with Crippen molar-refractivity contribution in [2.75, 3.05) is 55.9 Å². The van der Waals surface area contributed by atoms with Crippen LogP contribution in [-0.2, 0) is 15.7 Å². The van der Waals surface area contributed by atoms with Crippen molar-refractivity contribution >= 4 is 34.8 Å². The molecule has 2 saturated heterocycles. The Morgan fingerprint density at radius 1 is 1.07 bits per heavy atom. The van der Waals surface area contributed by atoms with Gasteiger partial charge < -0.3 is 15.0 Å². The fourth-order valence-corrected chi connectivity index (χ4v) is 5.94. The normalized spacial score (nSPS) is 16.7. The molecule has 2 amide bonds. The molecule has 5 rings (SSSR count). The first-order chi connectivity index (χ1) is 20.5. The number of halogens is 4. The molecule has 1 aromatic heterocycles. The number of rotatable bonds is 7. The van der Waals surface area contributed by atoms with E-state index >= 15 is 0 Å². The second kappa shape index (κ2) is 12.9. The summed E-state index contributed by atoms with van der Waals surface area (Å²) in [7, 11) is 0. The number of alkyl halides is 3. The van der Waals surface area contributed by atoms with E-state index in [0.29, 0.717) is 28.1 Å². The number of benzene rings is 2. The van der Waals surface area contributed by atoms with Gasteiger partial charge in [0.05, 0.1) is 59.3 Å². The quantitative estimate of drug-likeness (QED) is 0.380. The molecule has 2 aliphatic heterocycles. The highest BCUT2D eigenvalue weighted by molar-refractivity contribution is 6.33. The summed E-state index contributed by atoms with van der Waals surface area (Å²) in [5.74, 6) is -0.764. The largest absolute Gasteiger partial charge is 0.416 e. The Hall–Kier alpha value is -3.61. The molecule has 0 bridgehead atoms. The molecule has 2 aromatic carbocycles. The number of nitrogens with one attached hydrogen (secondary N) is 1. The van der Waals surface area contributed by atoms with E-state index in [1.165, 1.54) is 34.8 Å². The summed E-state index contributed by atoms with van der Waals surface area (Å²) in [6, 6.07) is 10.5. The number of morpholine rings is 1. The highest BCUT2D eigenvalue weighted by atomic mass is 35.5. The van der Waals surface area contributed by atoms with Crippen molar-refractivity contribution in [1.82, 2.24) is 20.0 Å². The molecule has 13 heteroatoms. The molecule has 0 atom stereocenters. The first-order valence-electron chi connectivity index (χ1n) is 14.2. The highest BCUT2D eigenvalue weighted by Crippen LogP contribution is 2.33. The van der Waals surface area contributed by atoms with Crippen LogP contribution in [0.5, 0.6) is 0 Å². The number of hydrogen-bond donors (Lipinski definition) is 1. The Balaban J connectivity index is 1.21. The van der Waals surface area contributed by atoms with Gasteiger partial charge in [0.2, 0.25) is 5.91 Å². The third-order valence-electron chi connectivity index (χ3n) is 8.08. The van der Waals surface area contributed by atoms with Crippen molar-refractivity contribution in [3.8, 4) is 5.69 Å². The van der Waals surface area contributed by atoms with E-state index in [2.05, 4.69) is 20.2 Å². The van der Waals surface area contributed by atoms with Gasteiger partial charge in [-0.2, -0.15) is 18.3 Å².